The molecule has 0 bridgehead atoms. The van der Waals surface area contributed by atoms with Gasteiger partial charge in [0.25, 0.3) is 0 Å². The predicted molar refractivity (Wildman–Crippen MR) is 76.0 cm³/mol. The van der Waals surface area contributed by atoms with Crippen LogP contribution in [0, 0.1) is 0 Å². The lowest BCUT2D eigenvalue weighted by atomic mass is 10.2. The maximum atomic E-state index is 12.4. The summed E-state index contributed by atoms with van der Waals surface area (Å²) < 4.78 is 35.1. The molecule has 1 rings (SSSR count). The van der Waals surface area contributed by atoms with E-state index in [4.69, 9.17) is 0 Å². The molecule has 0 heterocycles. The summed E-state index contributed by atoms with van der Waals surface area (Å²) in [6, 6.07) is -0.146. The van der Waals surface area contributed by atoms with E-state index in [1.165, 1.54) is 18.5 Å². The number of nitrogens with zero attached hydrogens (tertiary/aromatic N) is 1. The van der Waals surface area contributed by atoms with Crippen molar-refractivity contribution in [2.24, 2.45) is 0 Å². The lowest BCUT2D eigenvalue weighted by Crippen LogP contribution is -2.43. The van der Waals surface area contributed by atoms with Crippen molar-refractivity contribution in [1.82, 2.24) is 4.31 Å². The van der Waals surface area contributed by atoms with Gasteiger partial charge in [0.15, 0.2) is 0 Å². The number of rotatable bonds is 8. The van der Waals surface area contributed by atoms with Crippen molar-refractivity contribution in [3.8, 4) is 0 Å². The second-order valence-electron chi connectivity index (χ2n) is 5.06. The second kappa shape index (κ2) is 8.33. The molecule has 1 aliphatic rings. The standard InChI is InChI=1S/C13H23NO6S/c1-19-12(15)8-5-9-21(17,18)14(10-13(16)20-2)11-6-3-4-7-11/h11H,3-10H2,1-2H3. The Hall–Kier alpha value is -1.15. The van der Waals surface area contributed by atoms with E-state index in [1.807, 2.05) is 0 Å². The molecule has 7 nitrogen and oxygen atoms in total. The molecule has 21 heavy (non-hydrogen) atoms. The number of carbonyl (C=O) groups is 2. The zero-order chi connectivity index (χ0) is 15.9. The van der Waals surface area contributed by atoms with Gasteiger partial charge in [-0.05, 0) is 19.3 Å². The fraction of sp³-hybridized carbons (Fsp3) is 0.846. The third-order valence-electron chi connectivity index (χ3n) is 3.61. The summed E-state index contributed by atoms with van der Waals surface area (Å²) in [4.78, 5) is 22.5. The molecule has 122 valence electrons. The van der Waals surface area contributed by atoms with Crippen molar-refractivity contribution in [2.75, 3.05) is 26.5 Å². The van der Waals surface area contributed by atoms with E-state index in [0.29, 0.717) is 0 Å². The third-order valence-corrected chi connectivity index (χ3v) is 5.56. The highest BCUT2D eigenvalue weighted by molar-refractivity contribution is 7.89. The predicted octanol–water partition coefficient (Wildman–Crippen LogP) is 0.687. The average Bonchev–Trinajstić information content (AvgIpc) is 2.97. The van der Waals surface area contributed by atoms with Crippen molar-refractivity contribution in [3.63, 3.8) is 0 Å². The minimum Gasteiger partial charge on any atom is -0.469 e. The smallest absolute Gasteiger partial charge is 0.321 e. The number of ether oxygens (including phenoxy) is 2. The highest BCUT2D eigenvalue weighted by atomic mass is 32.2. The van der Waals surface area contributed by atoms with Gasteiger partial charge in [-0.1, -0.05) is 12.8 Å². The van der Waals surface area contributed by atoms with Crippen molar-refractivity contribution in [2.45, 2.75) is 44.6 Å². The summed E-state index contributed by atoms with van der Waals surface area (Å²) in [5, 5.41) is 0. The SMILES string of the molecule is COC(=O)CCCS(=O)(=O)N(CC(=O)OC)C1CCCC1. The Morgan fingerprint density at radius 1 is 1.10 bits per heavy atom. The summed E-state index contributed by atoms with van der Waals surface area (Å²) >= 11 is 0. The molecule has 0 N–H and O–H groups in total. The van der Waals surface area contributed by atoms with Crippen LogP contribution in [0.25, 0.3) is 0 Å². The summed E-state index contributed by atoms with van der Waals surface area (Å²) in [7, 11) is -1.09. The molecule has 0 amide bonds. The van der Waals surface area contributed by atoms with Crippen LogP contribution >= 0.6 is 0 Å². The molecule has 8 heteroatoms. The topological polar surface area (TPSA) is 90.0 Å². The van der Waals surface area contributed by atoms with Crippen molar-refractivity contribution in [1.29, 1.82) is 0 Å². The van der Waals surface area contributed by atoms with Crippen LogP contribution in [0.15, 0.2) is 0 Å². The minimum absolute atomic E-state index is 0.0481. The van der Waals surface area contributed by atoms with Crippen molar-refractivity contribution < 1.29 is 27.5 Å². The summed E-state index contributed by atoms with van der Waals surface area (Å²) in [6.07, 6.45) is 3.66. The van der Waals surface area contributed by atoms with E-state index in [-0.39, 0.29) is 31.2 Å². The molecule has 0 radical (unpaired) electrons. The molecule has 0 aromatic carbocycles. The highest BCUT2D eigenvalue weighted by Crippen LogP contribution is 2.26. The van der Waals surface area contributed by atoms with E-state index in [2.05, 4.69) is 9.47 Å². The Bertz CT molecular complexity index is 455. The quantitative estimate of drug-likeness (QED) is 0.611. The average molecular weight is 321 g/mol. The minimum atomic E-state index is -3.59. The van der Waals surface area contributed by atoms with Gasteiger partial charge in [0.2, 0.25) is 10.0 Å². The molecule has 0 unspecified atom stereocenters. The summed E-state index contributed by atoms with van der Waals surface area (Å²) in [5.74, 6) is -1.18. The first-order valence-electron chi connectivity index (χ1n) is 7.04. The lowest BCUT2D eigenvalue weighted by Gasteiger charge is -2.26. The van der Waals surface area contributed by atoms with E-state index in [1.54, 1.807) is 0 Å². The van der Waals surface area contributed by atoms with Crippen LogP contribution in [0.4, 0.5) is 0 Å². The Balaban J connectivity index is 2.70. The molecule has 0 aliphatic heterocycles. The Kier molecular flexibility index (Phi) is 7.10. The monoisotopic (exact) mass is 321 g/mol. The number of hydrogen-bond donors (Lipinski definition) is 0. The molecule has 0 atom stereocenters. The zero-order valence-corrected chi connectivity index (χ0v) is 13.4. The first kappa shape index (κ1) is 17.9. The van der Waals surface area contributed by atoms with Crippen LogP contribution in [0.5, 0.6) is 0 Å². The molecule has 0 spiro atoms. The van der Waals surface area contributed by atoms with Gasteiger partial charge in [-0.2, -0.15) is 4.31 Å². The van der Waals surface area contributed by atoms with Crippen LogP contribution in [0.3, 0.4) is 0 Å². The number of esters is 2. The van der Waals surface area contributed by atoms with Crippen LogP contribution < -0.4 is 0 Å². The fourth-order valence-corrected chi connectivity index (χ4v) is 4.17. The number of sulfonamides is 1. The Morgan fingerprint density at radius 2 is 1.67 bits per heavy atom. The first-order valence-corrected chi connectivity index (χ1v) is 8.64. The van der Waals surface area contributed by atoms with Crippen LogP contribution in [-0.2, 0) is 29.1 Å². The highest BCUT2D eigenvalue weighted by Gasteiger charge is 2.33. The van der Waals surface area contributed by atoms with Crippen molar-refractivity contribution >= 4 is 22.0 Å². The van der Waals surface area contributed by atoms with E-state index >= 15 is 0 Å². The molecule has 1 saturated carbocycles. The molecule has 1 aliphatic carbocycles. The fourth-order valence-electron chi connectivity index (χ4n) is 2.46. The summed E-state index contributed by atoms with van der Waals surface area (Å²) in [5.41, 5.74) is 0. The van der Waals surface area contributed by atoms with Crippen molar-refractivity contribution in [3.05, 3.63) is 0 Å². The van der Waals surface area contributed by atoms with Crippen LogP contribution in [0.2, 0.25) is 0 Å². The van der Waals surface area contributed by atoms with Crippen LogP contribution in [-0.4, -0.2) is 57.2 Å². The Morgan fingerprint density at radius 3 is 2.19 bits per heavy atom. The van der Waals surface area contributed by atoms with Gasteiger partial charge in [-0.25, -0.2) is 8.42 Å². The molecular formula is C13H23NO6S. The third kappa shape index (κ3) is 5.62. The van der Waals surface area contributed by atoms with Gasteiger partial charge >= 0.3 is 11.9 Å². The molecule has 0 aromatic heterocycles. The van der Waals surface area contributed by atoms with E-state index in [0.717, 1.165) is 25.7 Å². The molecule has 1 fully saturated rings. The molecule has 0 saturated heterocycles. The van der Waals surface area contributed by atoms with E-state index < -0.39 is 22.0 Å². The Labute approximate surface area is 125 Å². The molecular weight excluding hydrogens is 298 g/mol. The number of carbonyl (C=O) groups excluding carboxylic acids is 2. The van der Waals surface area contributed by atoms with Gasteiger partial charge in [0, 0.05) is 12.5 Å². The van der Waals surface area contributed by atoms with E-state index in [9.17, 15) is 18.0 Å². The van der Waals surface area contributed by atoms with Gasteiger partial charge in [-0.3, -0.25) is 9.59 Å². The zero-order valence-electron chi connectivity index (χ0n) is 12.5. The summed E-state index contributed by atoms with van der Waals surface area (Å²) in [6.45, 7) is -0.262. The van der Waals surface area contributed by atoms with Gasteiger partial charge in [-0.15, -0.1) is 0 Å². The van der Waals surface area contributed by atoms with Gasteiger partial charge in [0.1, 0.15) is 6.54 Å². The van der Waals surface area contributed by atoms with Gasteiger partial charge in [0.05, 0.1) is 20.0 Å². The maximum absolute atomic E-state index is 12.4. The van der Waals surface area contributed by atoms with Crippen LogP contribution in [0.1, 0.15) is 38.5 Å². The lowest BCUT2D eigenvalue weighted by molar-refractivity contribution is -0.141. The largest absolute Gasteiger partial charge is 0.469 e. The first-order chi connectivity index (χ1) is 9.90. The van der Waals surface area contributed by atoms with Gasteiger partial charge < -0.3 is 9.47 Å². The normalized spacial score (nSPS) is 16.1. The maximum Gasteiger partial charge on any atom is 0.321 e. The number of methoxy groups -OCH3 is 2. The second-order valence-corrected chi connectivity index (χ2v) is 7.10. The number of hydrogen-bond acceptors (Lipinski definition) is 6. The molecule has 0 aromatic rings.